The Morgan fingerprint density at radius 3 is 2.91 bits per heavy atom. The quantitative estimate of drug-likeness (QED) is 0.772. The van der Waals surface area contributed by atoms with E-state index in [4.69, 9.17) is 4.74 Å². The van der Waals surface area contributed by atoms with Crippen molar-refractivity contribution in [2.24, 2.45) is 0 Å². The number of halogens is 1. The molecule has 0 saturated carbocycles. The topological polar surface area (TPSA) is 63.2 Å². The van der Waals surface area contributed by atoms with Gasteiger partial charge in [0.25, 0.3) is 5.91 Å². The molecule has 1 heterocycles. The zero-order chi connectivity index (χ0) is 15.8. The molecule has 0 aliphatic rings. The summed E-state index contributed by atoms with van der Waals surface area (Å²) in [6, 6.07) is 9.40. The van der Waals surface area contributed by atoms with Crippen LogP contribution in [0.1, 0.15) is 16.9 Å². The van der Waals surface area contributed by atoms with E-state index < -0.39 is 11.7 Å². The molecule has 5 nitrogen and oxygen atoms in total. The van der Waals surface area contributed by atoms with Crippen LogP contribution in [-0.4, -0.2) is 31.2 Å². The van der Waals surface area contributed by atoms with Crippen LogP contribution < -0.4 is 10.6 Å². The van der Waals surface area contributed by atoms with E-state index in [9.17, 15) is 9.18 Å². The van der Waals surface area contributed by atoms with Gasteiger partial charge in [-0.05, 0) is 30.7 Å². The highest BCUT2D eigenvalue weighted by Gasteiger charge is 2.10. The number of carbonyl (C=O) groups is 1. The SMILES string of the molecule is COCCCNc1ccnc(C(=O)Nc2ccccc2F)c1. The molecule has 0 aliphatic carbocycles. The van der Waals surface area contributed by atoms with Crippen molar-refractivity contribution >= 4 is 17.3 Å². The lowest BCUT2D eigenvalue weighted by Crippen LogP contribution is -2.15. The number of aromatic nitrogens is 1. The maximum atomic E-state index is 13.5. The number of methoxy groups -OCH3 is 1. The number of ether oxygens (including phenoxy) is 1. The smallest absolute Gasteiger partial charge is 0.274 e. The van der Waals surface area contributed by atoms with Crippen molar-refractivity contribution in [3.05, 3.63) is 54.1 Å². The summed E-state index contributed by atoms with van der Waals surface area (Å²) in [7, 11) is 1.65. The fraction of sp³-hybridized carbons (Fsp3) is 0.250. The van der Waals surface area contributed by atoms with Gasteiger partial charge in [-0.3, -0.25) is 9.78 Å². The molecule has 0 radical (unpaired) electrons. The minimum atomic E-state index is -0.482. The predicted octanol–water partition coefficient (Wildman–Crippen LogP) is 2.92. The summed E-state index contributed by atoms with van der Waals surface area (Å²) in [6.07, 6.45) is 2.39. The average molecular weight is 303 g/mol. The standard InChI is InChI=1S/C16H18FN3O2/c1-22-10-4-8-18-12-7-9-19-15(11-12)16(21)20-14-6-3-2-5-13(14)17/h2-3,5-7,9,11H,4,8,10H2,1H3,(H,18,19)(H,20,21). The summed E-state index contributed by atoms with van der Waals surface area (Å²) in [5.41, 5.74) is 1.14. The molecule has 2 aromatic rings. The molecule has 6 heteroatoms. The fourth-order valence-electron chi connectivity index (χ4n) is 1.86. The van der Waals surface area contributed by atoms with Crippen LogP contribution in [0, 0.1) is 5.82 Å². The van der Waals surface area contributed by atoms with Gasteiger partial charge in [-0.2, -0.15) is 0 Å². The monoisotopic (exact) mass is 303 g/mol. The number of hydrogen-bond donors (Lipinski definition) is 2. The van der Waals surface area contributed by atoms with Crippen molar-refractivity contribution in [3.63, 3.8) is 0 Å². The summed E-state index contributed by atoms with van der Waals surface area (Å²) in [6.45, 7) is 1.39. The van der Waals surface area contributed by atoms with E-state index in [1.54, 1.807) is 31.4 Å². The first-order valence-corrected chi connectivity index (χ1v) is 6.95. The van der Waals surface area contributed by atoms with E-state index in [-0.39, 0.29) is 11.4 Å². The van der Waals surface area contributed by atoms with Gasteiger partial charge in [-0.15, -0.1) is 0 Å². The summed E-state index contributed by atoms with van der Waals surface area (Å²) in [5, 5.41) is 5.68. The minimum Gasteiger partial charge on any atom is -0.385 e. The maximum absolute atomic E-state index is 13.5. The van der Waals surface area contributed by atoms with Crippen molar-refractivity contribution in [2.75, 3.05) is 30.9 Å². The Balaban J connectivity index is 1.99. The van der Waals surface area contributed by atoms with Crippen LogP contribution in [0.15, 0.2) is 42.6 Å². The summed E-state index contributed by atoms with van der Waals surface area (Å²) in [5.74, 6) is -0.935. The van der Waals surface area contributed by atoms with Crippen LogP contribution in [0.3, 0.4) is 0 Å². The molecule has 22 heavy (non-hydrogen) atoms. The van der Waals surface area contributed by atoms with E-state index in [0.717, 1.165) is 18.7 Å². The highest BCUT2D eigenvalue weighted by molar-refractivity contribution is 6.03. The molecule has 116 valence electrons. The van der Waals surface area contributed by atoms with E-state index in [1.807, 2.05) is 0 Å². The Hall–Kier alpha value is -2.47. The molecule has 0 aliphatic heterocycles. The zero-order valence-electron chi connectivity index (χ0n) is 12.3. The van der Waals surface area contributed by atoms with E-state index in [2.05, 4.69) is 15.6 Å². The van der Waals surface area contributed by atoms with E-state index >= 15 is 0 Å². The largest absolute Gasteiger partial charge is 0.385 e. The predicted molar refractivity (Wildman–Crippen MR) is 83.6 cm³/mol. The first kappa shape index (κ1) is 15.9. The van der Waals surface area contributed by atoms with Crippen LogP contribution in [0.2, 0.25) is 0 Å². The van der Waals surface area contributed by atoms with E-state index in [0.29, 0.717) is 6.61 Å². The van der Waals surface area contributed by atoms with Crippen LogP contribution in [0.5, 0.6) is 0 Å². The van der Waals surface area contributed by atoms with Gasteiger partial charge in [0.2, 0.25) is 0 Å². The number of rotatable bonds is 7. The van der Waals surface area contributed by atoms with Crippen molar-refractivity contribution < 1.29 is 13.9 Å². The first-order chi connectivity index (χ1) is 10.7. The molecule has 2 rings (SSSR count). The first-order valence-electron chi connectivity index (χ1n) is 6.95. The van der Waals surface area contributed by atoms with Crippen molar-refractivity contribution in [3.8, 4) is 0 Å². The Morgan fingerprint density at radius 1 is 1.32 bits per heavy atom. The third-order valence-corrected chi connectivity index (χ3v) is 2.97. The maximum Gasteiger partial charge on any atom is 0.274 e. The number of nitrogens with one attached hydrogen (secondary N) is 2. The van der Waals surface area contributed by atoms with Gasteiger partial charge in [0.15, 0.2) is 0 Å². The number of carbonyl (C=O) groups excluding carboxylic acids is 1. The number of hydrogen-bond acceptors (Lipinski definition) is 4. The van der Waals surface area contributed by atoms with Crippen molar-refractivity contribution in [1.29, 1.82) is 0 Å². The lowest BCUT2D eigenvalue weighted by atomic mass is 10.2. The van der Waals surface area contributed by atoms with Gasteiger partial charge >= 0.3 is 0 Å². The Labute approximate surface area is 128 Å². The van der Waals surface area contributed by atoms with Crippen LogP contribution >= 0.6 is 0 Å². The third-order valence-electron chi connectivity index (χ3n) is 2.97. The third kappa shape index (κ3) is 4.53. The fourth-order valence-corrected chi connectivity index (χ4v) is 1.86. The lowest BCUT2D eigenvalue weighted by Gasteiger charge is -2.08. The van der Waals surface area contributed by atoms with Gasteiger partial charge in [-0.25, -0.2) is 4.39 Å². The van der Waals surface area contributed by atoms with E-state index in [1.165, 1.54) is 18.3 Å². The molecule has 0 bridgehead atoms. The van der Waals surface area contributed by atoms with Crippen LogP contribution in [0.4, 0.5) is 15.8 Å². The number of anilines is 2. The molecule has 1 aromatic heterocycles. The number of para-hydroxylation sites is 1. The van der Waals surface area contributed by atoms with Crippen LogP contribution in [-0.2, 0) is 4.74 Å². The second-order valence-corrected chi connectivity index (χ2v) is 4.64. The number of benzene rings is 1. The second-order valence-electron chi connectivity index (χ2n) is 4.64. The highest BCUT2D eigenvalue weighted by Crippen LogP contribution is 2.14. The van der Waals surface area contributed by atoms with Gasteiger partial charge < -0.3 is 15.4 Å². The minimum absolute atomic E-state index is 0.132. The van der Waals surface area contributed by atoms with Gasteiger partial charge in [0.1, 0.15) is 11.5 Å². The van der Waals surface area contributed by atoms with Gasteiger partial charge in [0.05, 0.1) is 5.69 Å². The molecule has 0 spiro atoms. The Morgan fingerprint density at radius 2 is 2.14 bits per heavy atom. The molecule has 0 saturated heterocycles. The number of pyridine rings is 1. The number of amides is 1. The molecule has 1 aromatic carbocycles. The molecule has 0 unspecified atom stereocenters. The number of nitrogens with zero attached hydrogens (tertiary/aromatic N) is 1. The normalized spacial score (nSPS) is 10.3. The molecular weight excluding hydrogens is 285 g/mol. The summed E-state index contributed by atoms with van der Waals surface area (Å²) >= 11 is 0. The average Bonchev–Trinajstić information content (AvgIpc) is 2.54. The van der Waals surface area contributed by atoms with Crippen molar-refractivity contribution in [1.82, 2.24) is 4.98 Å². The van der Waals surface area contributed by atoms with Crippen LogP contribution in [0.25, 0.3) is 0 Å². The Bertz CT molecular complexity index is 634. The van der Waals surface area contributed by atoms with Gasteiger partial charge in [0, 0.05) is 32.1 Å². The molecule has 2 N–H and O–H groups in total. The molecular formula is C16H18FN3O2. The Kier molecular flexibility index (Phi) is 5.85. The zero-order valence-corrected chi connectivity index (χ0v) is 12.3. The summed E-state index contributed by atoms with van der Waals surface area (Å²) in [4.78, 5) is 16.1. The van der Waals surface area contributed by atoms with Gasteiger partial charge in [-0.1, -0.05) is 12.1 Å². The molecule has 1 amide bonds. The second kappa shape index (κ2) is 8.09. The summed E-state index contributed by atoms with van der Waals surface area (Å²) < 4.78 is 18.5. The molecule has 0 atom stereocenters. The highest BCUT2D eigenvalue weighted by atomic mass is 19.1. The van der Waals surface area contributed by atoms with Crippen molar-refractivity contribution in [2.45, 2.75) is 6.42 Å². The lowest BCUT2D eigenvalue weighted by molar-refractivity contribution is 0.102. The molecule has 0 fully saturated rings.